The summed E-state index contributed by atoms with van der Waals surface area (Å²) in [4.78, 5) is 25.0. The van der Waals surface area contributed by atoms with E-state index in [1.54, 1.807) is 24.3 Å². The van der Waals surface area contributed by atoms with Crippen molar-refractivity contribution in [2.75, 3.05) is 13.2 Å². The molecule has 21 heavy (non-hydrogen) atoms. The first kappa shape index (κ1) is 15.0. The number of hydrogen-bond donors (Lipinski definition) is 0. The largest absolute Gasteiger partial charge is 0.493 e. The summed E-state index contributed by atoms with van der Waals surface area (Å²) in [6.45, 7) is 0.807. The van der Waals surface area contributed by atoms with Crippen LogP contribution in [0.3, 0.4) is 0 Å². The highest BCUT2D eigenvalue weighted by atomic mass is 16.5. The van der Waals surface area contributed by atoms with Crippen LogP contribution in [0.15, 0.2) is 24.3 Å². The highest BCUT2D eigenvalue weighted by Crippen LogP contribution is 2.14. The number of imide groups is 1. The highest BCUT2D eigenvalue weighted by molar-refractivity contribution is 5.95. The second-order valence-electron chi connectivity index (χ2n) is 4.99. The molecule has 110 valence electrons. The van der Waals surface area contributed by atoms with Gasteiger partial charge in [0.2, 0.25) is 11.8 Å². The predicted octanol–water partition coefficient (Wildman–Crippen LogP) is 2.26. The Morgan fingerprint density at radius 2 is 1.90 bits per heavy atom. The van der Waals surface area contributed by atoms with Gasteiger partial charge in [-0.15, -0.1) is 0 Å². The quantitative estimate of drug-likeness (QED) is 0.615. The lowest BCUT2D eigenvalue weighted by Gasteiger charge is -2.18. The number of amides is 2. The van der Waals surface area contributed by atoms with E-state index in [9.17, 15) is 9.59 Å². The summed E-state index contributed by atoms with van der Waals surface area (Å²) in [7, 11) is 0. The molecule has 1 heterocycles. The van der Waals surface area contributed by atoms with Crippen LogP contribution in [0.2, 0.25) is 0 Å². The maximum atomic E-state index is 11.8. The molecule has 0 N–H and O–H groups in total. The molecule has 1 aromatic carbocycles. The molecule has 1 aliphatic heterocycles. The zero-order valence-electron chi connectivity index (χ0n) is 11.9. The molecule has 0 saturated carbocycles. The molecule has 5 nitrogen and oxygen atoms in total. The molecule has 2 rings (SSSR count). The van der Waals surface area contributed by atoms with E-state index in [0.29, 0.717) is 43.7 Å². The summed E-state index contributed by atoms with van der Waals surface area (Å²) >= 11 is 0. The van der Waals surface area contributed by atoms with Crippen LogP contribution in [-0.4, -0.2) is 29.9 Å². The third kappa shape index (κ3) is 4.32. The molecule has 0 aromatic heterocycles. The SMILES string of the molecule is N#Cc1cccc(OCCCN2C(=O)CCCCC2=O)c1. The number of nitriles is 1. The number of carbonyl (C=O) groups excluding carboxylic acids is 2. The topological polar surface area (TPSA) is 70.4 Å². The van der Waals surface area contributed by atoms with E-state index in [0.717, 1.165) is 12.8 Å². The molecule has 1 saturated heterocycles. The van der Waals surface area contributed by atoms with Crippen LogP contribution >= 0.6 is 0 Å². The van der Waals surface area contributed by atoms with E-state index in [1.165, 1.54) is 4.90 Å². The van der Waals surface area contributed by atoms with Crippen molar-refractivity contribution in [3.8, 4) is 11.8 Å². The Labute approximate surface area is 124 Å². The summed E-state index contributed by atoms with van der Waals surface area (Å²) in [6.07, 6.45) is 3.08. The standard InChI is InChI=1S/C16H18N2O3/c17-12-13-5-3-6-14(11-13)21-10-4-9-18-15(19)7-1-2-8-16(18)20/h3,5-6,11H,1-2,4,7-10H2. The van der Waals surface area contributed by atoms with Gasteiger partial charge in [0.15, 0.2) is 0 Å². The van der Waals surface area contributed by atoms with Gasteiger partial charge >= 0.3 is 0 Å². The Kier molecular flexibility index (Phi) is 5.33. The Morgan fingerprint density at radius 3 is 2.57 bits per heavy atom. The molecule has 5 heteroatoms. The van der Waals surface area contributed by atoms with Gasteiger partial charge in [-0.2, -0.15) is 5.26 Å². The monoisotopic (exact) mass is 286 g/mol. The van der Waals surface area contributed by atoms with Crippen molar-refractivity contribution in [2.24, 2.45) is 0 Å². The molecule has 0 bridgehead atoms. The van der Waals surface area contributed by atoms with Gasteiger partial charge < -0.3 is 4.74 Å². The fraction of sp³-hybridized carbons (Fsp3) is 0.438. The van der Waals surface area contributed by atoms with Crippen LogP contribution in [-0.2, 0) is 9.59 Å². The van der Waals surface area contributed by atoms with E-state index in [4.69, 9.17) is 10.00 Å². The molecule has 2 amide bonds. The van der Waals surface area contributed by atoms with Crippen LogP contribution in [0.25, 0.3) is 0 Å². The first-order chi connectivity index (χ1) is 10.2. The minimum absolute atomic E-state index is 0.0797. The fourth-order valence-electron chi connectivity index (χ4n) is 2.28. The average molecular weight is 286 g/mol. The number of rotatable bonds is 5. The molecule has 0 radical (unpaired) electrons. The Bertz CT molecular complexity index is 545. The maximum absolute atomic E-state index is 11.8. The predicted molar refractivity (Wildman–Crippen MR) is 76.5 cm³/mol. The molecule has 0 aliphatic carbocycles. The number of hydrogen-bond acceptors (Lipinski definition) is 4. The summed E-state index contributed by atoms with van der Waals surface area (Å²) in [5.74, 6) is 0.468. The van der Waals surface area contributed by atoms with Gasteiger partial charge in [-0.3, -0.25) is 14.5 Å². The van der Waals surface area contributed by atoms with Crippen LogP contribution in [0.4, 0.5) is 0 Å². The molecule has 1 fully saturated rings. The summed E-state index contributed by atoms with van der Waals surface area (Å²) in [5, 5.41) is 8.80. The molecule has 0 atom stereocenters. The first-order valence-electron chi connectivity index (χ1n) is 7.17. The van der Waals surface area contributed by atoms with Crippen molar-refractivity contribution in [3.05, 3.63) is 29.8 Å². The van der Waals surface area contributed by atoms with Crippen LogP contribution in [0.1, 0.15) is 37.7 Å². The van der Waals surface area contributed by atoms with Crippen molar-refractivity contribution < 1.29 is 14.3 Å². The van der Waals surface area contributed by atoms with Crippen LogP contribution in [0, 0.1) is 11.3 Å². The van der Waals surface area contributed by atoms with Crippen molar-refractivity contribution in [3.63, 3.8) is 0 Å². The first-order valence-corrected chi connectivity index (χ1v) is 7.17. The maximum Gasteiger partial charge on any atom is 0.229 e. The lowest BCUT2D eigenvalue weighted by atomic mass is 10.2. The van der Waals surface area contributed by atoms with Crippen molar-refractivity contribution in [1.29, 1.82) is 5.26 Å². The molecular formula is C16H18N2O3. The van der Waals surface area contributed by atoms with Crippen LogP contribution < -0.4 is 4.74 Å². The van der Waals surface area contributed by atoms with E-state index in [1.807, 2.05) is 0 Å². The minimum Gasteiger partial charge on any atom is -0.493 e. The fourth-order valence-corrected chi connectivity index (χ4v) is 2.28. The zero-order chi connectivity index (χ0) is 15.1. The minimum atomic E-state index is -0.0797. The van der Waals surface area contributed by atoms with Gasteiger partial charge in [-0.1, -0.05) is 6.07 Å². The highest BCUT2D eigenvalue weighted by Gasteiger charge is 2.23. The van der Waals surface area contributed by atoms with E-state index >= 15 is 0 Å². The average Bonchev–Trinajstić information content (AvgIpc) is 2.66. The Morgan fingerprint density at radius 1 is 1.19 bits per heavy atom. The summed E-state index contributed by atoms with van der Waals surface area (Å²) in [6, 6.07) is 8.97. The normalized spacial score (nSPS) is 15.5. The lowest BCUT2D eigenvalue weighted by molar-refractivity contribution is -0.143. The van der Waals surface area contributed by atoms with E-state index < -0.39 is 0 Å². The molecule has 1 aromatic rings. The van der Waals surface area contributed by atoms with Gasteiger partial charge in [-0.25, -0.2) is 0 Å². The van der Waals surface area contributed by atoms with Crippen molar-refractivity contribution >= 4 is 11.8 Å². The van der Waals surface area contributed by atoms with Crippen molar-refractivity contribution in [2.45, 2.75) is 32.1 Å². The molecule has 1 aliphatic rings. The van der Waals surface area contributed by atoms with E-state index in [2.05, 4.69) is 6.07 Å². The van der Waals surface area contributed by atoms with Crippen LogP contribution in [0.5, 0.6) is 5.75 Å². The van der Waals surface area contributed by atoms with Gasteiger partial charge in [0.05, 0.1) is 18.2 Å². The van der Waals surface area contributed by atoms with Gasteiger partial charge in [0.1, 0.15) is 5.75 Å². The number of nitrogens with zero attached hydrogens (tertiary/aromatic N) is 2. The Balaban J connectivity index is 1.79. The molecule has 0 unspecified atom stereocenters. The molecular weight excluding hydrogens is 268 g/mol. The van der Waals surface area contributed by atoms with Gasteiger partial charge in [0.25, 0.3) is 0 Å². The summed E-state index contributed by atoms with van der Waals surface area (Å²) in [5.41, 5.74) is 0.547. The summed E-state index contributed by atoms with van der Waals surface area (Å²) < 4.78 is 5.54. The number of likely N-dealkylation sites (tertiary alicyclic amines) is 1. The number of ether oxygens (including phenoxy) is 1. The Hall–Kier alpha value is -2.35. The molecule has 0 spiro atoms. The van der Waals surface area contributed by atoms with Gasteiger partial charge in [0, 0.05) is 19.4 Å². The smallest absolute Gasteiger partial charge is 0.229 e. The third-order valence-electron chi connectivity index (χ3n) is 3.39. The van der Waals surface area contributed by atoms with Gasteiger partial charge in [-0.05, 0) is 37.5 Å². The third-order valence-corrected chi connectivity index (χ3v) is 3.39. The van der Waals surface area contributed by atoms with Crippen molar-refractivity contribution in [1.82, 2.24) is 4.90 Å². The second kappa shape index (κ2) is 7.44. The lowest BCUT2D eigenvalue weighted by Crippen LogP contribution is -2.36. The number of benzene rings is 1. The zero-order valence-corrected chi connectivity index (χ0v) is 11.9. The second-order valence-corrected chi connectivity index (χ2v) is 4.99. The number of carbonyl (C=O) groups is 2. The van der Waals surface area contributed by atoms with E-state index in [-0.39, 0.29) is 11.8 Å².